The lowest BCUT2D eigenvalue weighted by Gasteiger charge is -2.21. The second-order valence-corrected chi connectivity index (χ2v) is 4.72. The van der Waals surface area contributed by atoms with Crippen molar-refractivity contribution >= 4 is 5.97 Å². The first kappa shape index (κ1) is 11.9. The topological polar surface area (TPSA) is 47.6 Å². The van der Waals surface area contributed by atoms with Crippen LogP contribution in [-0.2, 0) is 14.3 Å². The van der Waals surface area contributed by atoms with Gasteiger partial charge in [0.05, 0.1) is 13.0 Å². The molecule has 0 bridgehead atoms. The van der Waals surface area contributed by atoms with E-state index in [-0.39, 0.29) is 5.97 Å². The second-order valence-electron chi connectivity index (χ2n) is 4.72. The van der Waals surface area contributed by atoms with E-state index in [0.717, 1.165) is 32.6 Å². The predicted molar refractivity (Wildman–Crippen MR) is 60.1 cm³/mol. The van der Waals surface area contributed by atoms with Gasteiger partial charge >= 0.3 is 5.97 Å². The first-order valence-electron chi connectivity index (χ1n) is 6.31. The van der Waals surface area contributed by atoms with E-state index in [2.05, 4.69) is 5.32 Å². The van der Waals surface area contributed by atoms with Crippen LogP contribution in [0.3, 0.4) is 0 Å². The highest BCUT2D eigenvalue weighted by Gasteiger charge is 2.20. The minimum absolute atomic E-state index is 0.0698. The Morgan fingerprint density at radius 2 is 2.00 bits per heavy atom. The van der Waals surface area contributed by atoms with E-state index in [1.165, 1.54) is 12.8 Å². The molecule has 1 aliphatic heterocycles. The first-order chi connectivity index (χ1) is 7.84. The highest BCUT2D eigenvalue weighted by Crippen LogP contribution is 2.18. The van der Waals surface area contributed by atoms with Crippen molar-refractivity contribution in [2.24, 2.45) is 5.92 Å². The molecule has 0 atom stereocenters. The van der Waals surface area contributed by atoms with Crippen molar-refractivity contribution in [2.75, 3.05) is 26.4 Å². The van der Waals surface area contributed by atoms with Crippen LogP contribution in [0.25, 0.3) is 0 Å². The SMILES string of the molecule is O=C(CCNC1CC1)OCC1CCOCC1. The number of rotatable bonds is 6. The summed E-state index contributed by atoms with van der Waals surface area (Å²) in [5, 5.41) is 3.30. The Morgan fingerprint density at radius 3 is 2.69 bits per heavy atom. The van der Waals surface area contributed by atoms with Gasteiger partial charge in [0.2, 0.25) is 0 Å². The zero-order valence-corrected chi connectivity index (χ0v) is 9.74. The summed E-state index contributed by atoms with van der Waals surface area (Å²) in [7, 11) is 0. The largest absolute Gasteiger partial charge is 0.465 e. The van der Waals surface area contributed by atoms with Gasteiger partial charge in [0.15, 0.2) is 0 Å². The molecule has 16 heavy (non-hydrogen) atoms. The van der Waals surface area contributed by atoms with Crippen molar-refractivity contribution in [1.29, 1.82) is 0 Å². The lowest BCUT2D eigenvalue weighted by molar-refractivity contribution is -0.145. The Morgan fingerprint density at radius 1 is 1.25 bits per heavy atom. The third kappa shape index (κ3) is 4.49. The highest BCUT2D eigenvalue weighted by atomic mass is 16.5. The molecule has 1 aliphatic carbocycles. The molecule has 4 heteroatoms. The van der Waals surface area contributed by atoms with Gasteiger partial charge in [-0.3, -0.25) is 4.79 Å². The molecule has 0 aromatic carbocycles. The number of nitrogens with one attached hydrogen (secondary N) is 1. The van der Waals surface area contributed by atoms with Gasteiger partial charge in [-0.25, -0.2) is 0 Å². The maximum absolute atomic E-state index is 11.4. The van der Waals surface area contributed by atoms with E-state index in [4.69, 9.17) is 9.47 Å². The molecule has 2 aliphatic rings. The Hall–Kier alpha value is -0.610. The quantitative estimate of drug-likeness (QED) is 0.690. The summed E-state index contributed by atoms with van der Waals surface area (Å²) >= 11 is 0. The zero-order chi connectivity index (χ0) is 11.2. The molecule has 2 rings (SSSR count). The predicted octanol–water partition coefficient (Wildman–Crippen LogP) is 1.10. The summed E-state index contributed by atoms with van der Waals surface area (Å²) in [5.41, 5.74) is 0. The second kappa shape index (κ2) is 6.21. The Kier molecular flexibility index (Phi) is 4.60. The van der Waals surface area contributed by atoms with Crippen LogP contribution in [0.4, 0.5) is 0 Å². The van der Waals surface area contributed by atoms with E-state index in [1.54, 1.807) is 0 Å². The van der Waals surface area contributed by atoms with E-state index in [0.29, 0.717) is 25.0 Å². The number of esters is 1. The van der Waals surface area contributed by atoms with Crippen LogP contribution in [0, 0.1) is 5.92 Å². The molecule has 1 saturated heterocycles. The molecule has 1 heterocycles. The van der Waals surface area contributed by atoms with Crippen molar-refractivity contribution in [1.82, 2.24) is 5.32 Å². The van der Waals surface area contributed by atoms with Crippen LogP contribution in [0.2, 0.25) is 0 Å². The third-order valence-corrected chi connectivity index (χ3v) is 3.16. The van der Waals surface area contributed by atoms with Gasteiger partial charge in [0.25, 0.3) is 0 Å². The van der Waals surface area contributed by atoms with Crippen LogP contribution < -0.4 is 5.32 Å². The molecule has 0 spiro atoms. The Labute approximate surface area is 96.7 Å². The maximum Gasteiger partial charge on any atom is 0.307 e. The molecule has 0 aromatic heterocycles. The Balaban J connectivity index is 1.48. The van der Waals surface area contributed by atoms with E-state index in [1.807, 2.05) is 0 Å². The zero-order valence-electron chi connectivity index (χ0n) is 9.74. The van der Waals surface area contributed by atoms with Crippen LogP contribution in [0.5, 0.6) is 0 Å². The summed E-state index contributed by atoms with van der Waals surface area (Å²) in [6, 6.07) is 0.670. The average molecular weight is 227 g/mol. The summed E-state index contributed by atoms with van der Waals surface area (Å²) in [5.74, 6) is 0.439. The summed E-state index contributed by atoms with van der Waals surface area (Å²) < 4.78 is 10.5. The number of hydrogen-bond acceptors (Lipinski definition) is 4. The van der Waals surface area contributed by atoms with Gasteiger partial charge in [0.1, 0.15) is 0 Å². The average Bonchev–Trinajstić information content (AvgIpc) is 3.12. The minimum atomic E-state index is -0.0698. The molecule has 0 aromatic rings. The summed E-state index contributed by atoms with van der Waals surface area (Å²) in [6.07, 6.45) is 5.06. The molecular formula is C12H21NO3. The van der Waals surface area contributed by atoms with Crippen molar-refractivity contribution in [3.63, 3.8) is 0 Å². The first-order valence-corrected chi connectivity index (χ1v) is 6.31. The lowest BCUT2D eigenvalue weighted by Crippen LogP contribution is -2.24. The van der Waals surface area contributed by atoms with E-state index < -0.39 is 0 Å². The molecule has 0 amide bonds. The smallest absolute Gasteiger partial charge is 0.307 e. The number of ether oxygens (including phenoxy) is 2. The van der Waals surface area contributed by atoms with Gasteiger partial charge in [0, 0.05) is 25.8 Å². The standard InChI is InChI=1S/C12H21NO3/c14-12(3-6-13-11-1-2-11)16-9-10-4-7-15-8-5-10/h10-11,13H,1-9H2. The van der Waals surface area contributed by atoms with Gasteiger partial charge in [-0.1, -0.05) is 0 Å². The van der Waals surface area contributed by atoms with E-state index in [9.17, 15) is 4.79 Å². The molecule has 1 saturated carbocycles. The molecule has 4 nitrogen and oxygen atoms in total. The van der Waals surface area contributed by atoms with Gasteiger partial charge in [-0.15, -0.1) is 0 Å². The highest BCUT2D eigenvalue weighted by molar-refractivity contribution is 5.69. The monoisotopic (exact) mass is 227 g/mol. The fourth-order valence-corrected chi connectivity index (χ4v) is 1.86. The van der Waals surface area contributed by atoms with Gasteiger partial charge in [-0.2, -0.15) is 0 Å². The van der Waals surface area contributed by atoms with Crippen LogP contribution >= 0.6 is 0 Å². The minimum Gasteiger partial charge on any atom is -0.465 e. The molecule has 92 valence electrons. The summed E-state index contributed by atoms with van der Waals surface area (Å²) in [6.45, 7) is 2.96. The lowest BCUT2D eigenvalue weighted by atomic mass is 10.0. The van der Waals surface area contributed by atoms with Gasteiger partial charge in [-0.05, 0) is 31.6 Å². The molecule has 0 radical (unpaired) electrons. The van der Waals surface area contributed by atoms with Crippen molar-refractivity contribution in [2.45, 2.75) is 38.1 Å². The maximum atomic E-state index is 11.4. The van der Waals surface area contributed by atoms with Crippen molar-refractivity contribution in [3.05, 3.63) is 0 Å². The van der Waals surface area contributed by atoms with Crippen LogP contribution in [-0.4, -0.2) is 38.4 Å². The summed E-state index contributed by atoms with van der Waals surface area (Å²) in [4.78, 5) is 11.4. The molecule has 0 unspecified atom stereocenters. The van der Waals surface area contributed by atoms with Crippen LogP contribution in [0.15, 0.2) is 0 Å². The molecule has 2 fully saturated rings. The van der Waals surface area contributed by atoms with Crippen LogP contribution in [0.1, 0.15) is 32.1 Å². The normalized spacial score (nSPS) is 22.0. The Bertz CT molecular complexity index is 222. The van der Waals surface area contributed by atoms with Gasteiger partial charge < -0.3 is 14.8 Å². The molecule has 1 N–H and O–H groups in total. The van der Waals surface area contributed by atoms with Crippen molar-refractivity contribution < 1.29 is 14.3 Å². The van der Waals surface area contributed by atoms with Crippen molar-refractivity contribution in [3.8, 4) is 0 Å². The third-order valence-electron chi connectivity index (χ3n) is 3.16. The number of hydrogen-bond donors (Lipinski definition) is 1. The molecular weight excluding hydrogens is 206 g/mol. The fourth-order valence-electron chi connectivity index (χ4n) is 1.86. The van der Waals surface area contributed by atoms with E-state index >= 15 is 0 Å². The fraction of sp³-hybridized carbons (Fsp3) is 0.917. The number of carbonyl (C=O) groups excluding carboxylic acids is 1. The number of carbonyl (C=O) groups is 1.